The maximum atomic E-state index is 13.8. The predicted octanol–water partition coefficient (Wildman–Crippen LogP) is 5.25. The van der Waals surface area contributed by atoms with Crippen LogP contribution in [-0.2, 0) is 10.0 Å². The molecule has 1 aromatic heterocycles. The third kappa shape index (κ3) is 2.82. The summed E-state index contributed by atoms with van der Waals surface area (Å²) in [6.07, 6.45) is 3.63. The molecule has 5 heteroatoms. The minimum absolute atomic E-state index is 0.302. The summed E-state index contributed by atoms with van der Waals surface area (Å²) in [6, 6.07) is 24.4. The molecule has 0 saturated carbocycles. The smallest absolute Gasteiger partial charge is 0.254 e. The SMILES string of the molecule is Cc1ccc2c(c1)C=C(c1ccccc1)N(c1cccc3cccnc13)S2(=O)=O. The van der Waals surface area contributed by atoms with Gasteiger partial charge in [0, 0.05) is 11.6 Å². The van der Waals surface area contributed by atoms with Gasteiger partial charge in [0.2, 0.25) is 0 Å². The van der Waals surface area contributed by atoms with Crippen molar-refractivity contribution in [3.05, 3.63) is 102 Å². The lowest BCUT2D eigenvalue weighted by Crippen LogP contribution is -2.32. The zero-order valence-corrected chi connectivity index (χ0v) is 16.6. The maximum Gasteiger partial charge on any atom is 0.269 e. The van der Waals surface area contributed by atoms with Crippen molar-refractivity contribution in [2.24, 2.45) is 0 Å². The van der Waals surface area contributed by atoms with Crippen molar-refractivity contribution >= 4 is 38.4 Å². The van der Waals surface area contributed by atoms with Crippen LogP contribution in [0.3, 0.4) is 0 Å². The number of anilines is 1. The van der Waals surface area contributed by atoms with Crippen molar-refractivity contribution in [1.82, 2.24) is 4.98 Å². The highest BCUT2D eigenvalue weighted by molar-refractivity contribution is 7.93. The van der Waals surface area contributed by atoms with Crippen LogP contribution < -0.4 is 4.31 Å². The zero-order valence-electron chi connectivity index (χ0n) is 15.8. The fourth-order valence-corrected chi connectivity index (χ4v) is 5.45. The first-order chi connectivity index (χ1) is 14.1. The van der Waals surface area contributed by atoms with Crippen LogP contribution in [0.1, 0.15) is 16.7 Å². The predicted molar refractivity (Wildman–Crippen MR) is 117 cm³/mol. The first-order valence-electron chi connectivity index (χ1n) is 9.32. The maximum absolute atomic E-state index is 13.8. The van der Waals surface area contributed by atoms with Crippen LogP contribution in [0.15, 0.2) is 90.0 Å². The molecule has 4 aromatic rings. The van der Waals surface area contributed by atoms with Crippen LogP contribution >= 0.6 is 0 Å². The highest BCUT2D eigenvalue weighted by atomic mass is 32.2. The second-order valence-electron chi connectivity index (χ2n) is 7.06. The Morgan fingerprint density at radius 3 is 2.48 bits per heavy atom. The van der Waals surface area contributed by atoms with E-state index in [2.05, 4.69) is 4.98 Å². The van der Waals surface area contributed by atoms with Crippen LogP contribution in [-0.4, -0.2) is 13.4 Å². The van der Waals surface area contributed by atoms with E-state index in [0.29, 0.717) is 27.4 Å². The summed E-state index contributed by atoms with van der Waals surface area (Å²) in [6.45, 7) is 1.96. The van der Waals surface area contributed by atoms with E-state index in [1.807, 2.05) is 85.8 Å². The number of aryl methyl sites for hydroxylation is 1. The third-order valence-corrected chi connectivity index (χ3v) is 6.90. The van der Waals surface area contributed by atoms with Gasteiger partial charge in [-0.25, -0.2) is 12.7 Å². The lowest BCUT2D eigenvalue weighted by atomic mass is 10.1. The van der Waals surface area contributed by atoms with Gasteiger partial charge in [-0.2, -0.15) is 0 Å². The van der Waals surface area contributed by atoms with Gasteiger partial charge in [0.1, 0.15) is 0 Å². The summed E-state index contributed by atoms with van der Waals surface area (Å²) in [7, 11) is -3.82. The molecule has 0 aliphatic carbocycles. The van der Waals surface area contributed by atoms with Crippen LogP contribution in [0.2, 0.25) is 0 Å². The standard InChI is InChI=1S/C24H18N2O2S/c1-17-12-13-23-20(15-17)16-22(18-7-3-2-4-8-18)26(29(23,27)28)21-11-5-9-19-10-6-14-25-24(19)21/h2-16H,1H3. The molecule has 0 fully saturated rings. The van der Waals surface area contributed by atoms with E-state index < -0.39 is 10.0 Å². The van der Waals surface area contributed by atoms with Crippen LogP contribution in [0.25, 0.3) is 22.7 Å². The number of fused-ring (bicyclic) bond motifs is 2. The lowest BCUT2D eigenvalue weighted by Gasteiger charge is -2.32. The van der Waals surface area contributed by atoms with Crippen LogP contribution in [0.4, 0.5) is 5.69 Å². The largest absolute Gasteiger partial charge is 0.269 e. The number of rotatable bonds is 2. The van der Waals surface area contributed by atoms with Crippen LogP contribution in [0.5, 0.6) is 0 Å². The Kier molecular flexibility index (Phi) is 4.00. The molecule has 3 aromatic carbocycles. The average molecular weight is 398 g/mol. The Morgan fingerprint density at radius 2 is 1.66 bits per heavy atom. The molecular formula is C24H18N2O2S. The van der Waals surface area contributed by atoms with Crippen molar-refractivity contribution in [2.75, 3.05) is 4.31 Å². The van der Waals surface area contributed by atoms with Gasteiger partial charge in [-0.1, -0.05) is 66.2 Å². The number of pyridine rings is 1. The fraction of sp³-hybridized carbons (Fsp3) is 0.0417. The van der Waals surface area contributed by atoms with Crippen molar-refractivity contribution < 1.29 is 8.42 Å². The number of sulfonamides is 1. The summed E-state index contributed by atoms with van der Waals surface area (Å²) in [5.41, 5.74) is 4.36. The Bertz CT molecular complexity index is 1370. The summed E-state index contributed by atoms with van der Waals surface area (Å²) in [4.78, 5) is 4.79. The molecule has 0 saturated heterocycles. The quantitative estimate of drug-likeness (QED) is 0.463. The zero-order chi connectivity index (χ0) is 20.0. The molecule has 0 spiro atoms. The van der Waals surface area contributed by atoms with E-state index in [4.69, 9.17) is 0 Å². The Balaban J connectivity index is 1.86. The van der Waals surface area contributed by atoms with Gasteiger partial charge < -0.3 is 0 Å². The highest BCUT2D eigenvalue weighted by Crippen LogP contribution is 2.41. The van der Waals surface area contributed by atoms with Crippen molar-refractivity contribution in [3.8, 4) is 0 Å². The van der Waals surface area contributed by atoms with Gasteiger partial charge in [0.25, 0.3) is 10.0 Å². The van der Waals surface area contributed by atoms with E-state index in [1.165, 1.54) is 4.31 Å². The Hall–Kier alpha value is -3.44. The van der Waals surface area contributed by atoms with E-state index in [0.717, 1.165) is 16.5 Å². The van der Waals surface area contributed by atoms with Crippen molar-refractivity contribution in [1.29, 1.82) is 0 Å². The molecule has 1 aliphatic heterocycles. The minimum Gasteiger partial charge on any atom is -0.254 e. The lowest BCUT2D eigenvalue weighted by molar-refractivity contribution is 0.596. The van der Waals surface area contributed by atoms with E-state index >= 15 is 0 Å². The molecule has 0 bridgehead atoms. The third-order valence-electron chi connectivity index (χ3n) is 5.09. The number of hydrogen-bond acceptors (Lipinski definition) is 3. The van der Waals surface area contributed by atoms with E-state index in [1.54, 1.807) is 12.3 Å². The van der Waals surface area contributed by atoms with Gasteiger partial charge in [0.15, 0.2) is 0 Å². The number of aromatic nitrogens is 1. The normalized spacial score (nSPS) is 15.1. The van der Waals surface area contributed by atoms with Gasteiger partial charge in [-0.3, -0.25) is 4.98 Å². The van der Waals surface area contributed by atoms with Gasteiger partial charge in [-0.15, -0.1) is 0 Å². The molecule has 1 aliphatic rings. The topological polar surface area (TPSA) is 50.3 Å². The molecule has 142 valence electrons. The number of hydrogen-bond donors (Lipinski definition) is 0. The molecule has 4 nitrogen and oxygen atoms in total. The monoisotopic (exact) mass is 398 g/mol. The summed E-state index contributed by atoms with van der Waals surface area (Å²) in [5.74, 6) is 0. The van der Waals surface area contributed by atoms with Crippen molar-refractivity contribution in [3.63, 3.8) is 0 Å². The minimum atomic E-state index is -3.82. The fourth-order valence-electron chi connectivity index (χ4n) is 3.77. The first-order valence-corrected chi connectivity index (χ1v) is 10.8. The Labute approximate surface area is 169 Å². The summed E-state index contributed by atoms with van der Waals surface area (Å²) in [5, 5.41) is 0.891. The average Bonchev–Trinajstić information content (AvgIpc) is 2.73. The first kappa shape index (κ1) is 17.6. The summed E-state index contributed by atoms with van der Waals surface area (Å²) < 4.78 is 29.0. The van der Waals surface area contributed by atoms with Crippen molar-refractivity contribution in [2.45, 2.75) is 11.8 Å². The molecule has 2 heterocycles. The number of benzene rings is 3. The second kappa shape index (κ2) is 6.57. The number of nitrogens with zero attached hydrogens (tertiary/aromatic N) is 2. The molecule has 5 rings (SSSR count). The summed E-state index contributed by atoms with van der Waals surface area (Å²) >= 11 is 0. The molecule has 0 radical (unpaired) electrons. The molecule has 0 atom stereocenters. The molecular weight excluding hydrogens is 380 g/mol. The van der Waals surface area contributed by atoms with Gasteiger partial charge in [-0.05, 0) is 42.3 Å². The molecule has 0 amide bonds. The van der Waals surface area contributed by atoms with Gasteiger partial charge >= 0.3 is 0 Å². The van der Waals surface area contributed by atoms with E-state index in [9.17, 15) is 8.42 Å². The van der Waals surface area contributed by atoms with Crippen LogP contribution in [0, 0.1) is 6.92 Å². The molecule has 0 N–H and O–H groups in total. The second-order valence-corrected chi connectivity index (χ2v) is 8.81. The van der Waals surface area contributed by atoms with E-state index in [-0.39, 0.29) is 0 Å². The molecule has 29 heavy (non-hydrogen) atoms. The Morgan fingerprint density at radius 1 is 0.862 bits per heavy atom. The number of para-hydroxylation sites is 1. The highest BCUT2D eigenvalue weighted by Gasteiger charge is 2.35. The molecule has 0 unspecified atom stereocenters. The van der Waals surface area contributed by atoms with Gasteiger partial charge in [0.05, 0.1) is 21.8 Å².